The van der Waals surface area contributed by atoms with Crippen molar-refractivity contribution in [3.8, 4) is 11.5 Å². The van der Waals surface area contributed by atoms with E-state index in [0.717, 1.165) is 0 Å². The number of amides is 1. The van der Waals surface area contributed by atoms with E-state index >= 15 is 0 Å². The molecule has 0 unspecified atom stereocenters. The predicted octanol–water partition coefficient (Wildman–Crippen LogP) is 2.03. The monoisotopic (exact) mass is 377 g/mol. The van der Waals surface area contributed by atoms with Crippen LogP contribution in [0.5, 0.6) is 11.5 Å². The van der Waals surface area contributed by atoms with Crippen LogP contribution in [0, 0.1) is 6.92 Å². The molecule has 2 N–H and O–H groups in total. The molecule has 0 saturated heterocycles. The number of carbonyl (C=O) groups is 2. The molecule has 1 heterocycles. The van der Waals surface area contributed by atoms with Gasteiger partial charge in [-0.2, -0.15) is 0 Å². The van der Waals surface area contributed by atoms with Gasteiger partial charge in [-0.3, -0.25) is 4.79 Å². The zero-order chi connectivity index (χ0) is 20.1. The Morgan fingerprint density at radius 1 is 1.22 bits per heavy atom. The second kappa shape index (κ2) is 8.57. The van der Waals surface area contributed by atoms with E-state index in [9.17, 15) is 14.4 Å². The highest BCUT2D eigenvalue weighted by Crippen LogP contribution is 2.33. The average molecular weight is 377 g/mol. The highest BCUT2D eigenvalue weighted by atomic mass is 16.5. The third kappa shape index (κ3) is 4.39. The van der Waals surface area contributed by atoms with Gasteiger partial charge in [-0.05, 0) is 25.0 Å². The topological polar surface area (TPSA) is 115 Å². The van der Waals surface area contributed by atoms with Gasteiger partial charge in [0, 0.05) is 11.5 Å². The number of carboxylic acid groups (broad SMARTS) is 1. The number of fused-ring (bicyclic) bond motifs is 1. The van der Waals surface area contributed by atoms with Gasteiger partial charge in [-0.25, -0.2) is 9.59 Å². The van der Waals surface area contributed by atoms with Crippen molar-refractivity contribution in [2.45, 2.75) is 39.2 Å². The first-order chi connectivity index (χ1) is 12.8. The predicted molar refractivity (Wildman–Crippen MR) is 98.5 cm³/mol. The molecule has 0 aliphatic carbocycles. The Bertz CT molecular complexity index is 916. The number of aliphatic carboxylic acids is 1. The first-order valence-corrected chi connectivity index (χ1v) is 8.52. The lowest BCUT2D eigenvalue weighted by atomic mass is 10.0. The summed E-state index contributed by atoms with van der Waals surface area (Å²) in [4.78, 5) is 35.8. The smallest absolute Gasteiger partial charge is 0.340 e. The lowest BCUT2D eigenvalue weighted by molar-refractivity contribution is -0.141. The quantitative estimate of drug-likeness (QED) is 0.676. The second-order valence-electron chi connectivity index (χ2n) is 6.12. The maximum Gasteiger partial charge on any atom is 0.340 e. The van der Waals surface area contributed by atoms with Gasteiger partial charge in [0.1, 0.15) is 11.6 Å². The molecule has 27 heavy (non-hydrogen) atoms. The number of methoxy groups -OCH3 is 2. The molecule has 1 aromatic heterocycles. The molecule has 1 atom stereocenters. The zero-order valence-electron chi connectivity index (χ0n) is 15.8. The fraction of sp³-hybridized carbons (Fsp3) is 0.421. The number of carboxylic acids is 1. The Morgan fingerprint density at radius 3 is 2.41 bits per heavy atom. The first kappa shape index (κ1) is 20.3. The molecule has 0 spiro atoms. The van der Waals surface area contributed by atoms with Crippen LogP contribution < -0.4 is 20.4 Å². The SMILES string of the molecule is CCC[C@@H](NC(=O)Cc1c(C)c2cc(OC)c(OC)cc2oc1=O)C(=O)O. The van der Waals surface area contributed by atoms with E-state index in [4.69, 9.17) is 19.0 Å². The van der Waals surface area contributed by atoms with Crippen molar-refractivity contribution in [1.29, 1.82) is 0 Å². The summed E-state index contributed by atoms with van der Waals surface area (Å²) in [7, 11) is 2.97. The summed E-state index contributed by atoms with van der Waals surface area (Å²) in [6.45, 7) is 3.53. The summed E-state index contributed by atoms with van der Waals surface area (Å²) in [5, 5.41) is 12.2. The highest BCUT2D eigenvalue weighted by molar-refractivity contribution is 5.88. The molecule has 2 aromatic rings. The molecule has 1 amide bonds. The van der Waals surface area contributed by atoms with E-state index in [2.05, 4.69) is 5.32 Å². The van der Waals surface area contributed by atoms with Crippen LogP contribution in [0.15, 0.2) is 21.3 Å². The van der Waals surface area contributed by atoms with Gasteiger partial charge in [0.15, 0.2) is 11.5 Å². The second-order valence-corrected chi connectivity index (χ2v) is 6.12. The van der Waals surface area contributed by atoms with Gasteiger partial charge >= 0.3 is 11.6 Å². The number of nitrogens with one attached hydrogen (secondary N) is 1. The maximum absolute atomic E-state index is 12.4. The molecule has 0 fully saturated rings. The molecule has 146 valence electrons. The average Bonchev–Trinajstić information content (AvgIpc) is 2.63. The third-order valence-corrected chi connectivity index (χ3v) is 4.34. The van der Waals surface area contributed by atoms with E-state index in [1.807, 2.05) is 6.92 Å². The van der Waals surface area contributed by atoms with Crippen LogP contribution in [0.2, 0.25) is 0 Å². The third-order valence-electron chi connectivity index (χ3n) is 4.34. The van der Waals surface area contributed by atoms with Crippen LogP contribution in [0.1, 0.15) is 30.9 Å². The van der Waals surface area contributed by atoms with Crippen molar-refractivity contribution in [2.24, 2.45) is 0 Å². The van der Waals surface area contributed by atoms with Crippen LogP contribution in [-0.4, -0.2) is 37.2 Å². The molecule has 0 saturated carbocycles. The summed E-state index contributed by atoms with van der Waals surface area (Å²) < 4.78 is 15.8. The summed E-state index contributed by atoms with van der Waals surface area (Å²) in [5.41, 5.74) is 0.408. The Kier molecular flexibility index (Phi) is 6.44. The number of hydrogen-bond acceptors (Lipinski definition) is 6. The van der Waals surface area contributed by atoms with E-state index in [0.29, 0.717) is 40.9 Å². The van der Waals surface area contributed by atoms with E-state index in [1.165, 1.54) is 14.2 Å². The van der Waals surface area contributed by atoms with Gasteiger partial charge < -0.3 is 24.3 Å². The van der Waals surface area contributed by atoms with Crippen molar-refractivity contribution >= 4 is 22.8 Å². The van der Waals surface area contributed by atoms with E-state index in [1.54, 1.807) is 19.1 Å². The Labute approximate surface area is 156 Å². The first-order valence-electron chi connectivity index (χ1n) is 8.52. The molecule has 1 aromatic carbocycles. The Hall–Kier alpha value is -3.03. The minimum absolute atomic E-state index is 0.174. The number of carbonyl (C=O) groups excluding carboxylic acids is 1. The zero-order valence-corrected chi connectivity index (χ0v) is 15.8. The fourth-order valence-corrected chi connectivity index (χ4v) is 2.87. The molecular formula is C19H23NO7. The molecule has 0 bridgehead atoms. The van der Waals surface area contributed by atoms with Crippen molar-refractivity contribution < 1.29 is 28.6 Å². The number of hydrogen-bond donors (Lipinski definition) is 2. The lowest BCUT2D eigenvalue weighted by Crippen LogP contribution is -2.41. The number of ether oxygens (including phenoxy) is 2. The van der Waals surface area contributed by atoms with Crippen molar-refractivity contribution in [1.82, 2.24) is 5.32 Å². The lowest BCUT2D eigenvalue weighted by Gasteiger charge is -2.14. The maximum atomic E-state index is 12.4. The number of benzene rings is 1. The molecular weight excluding hydrogens is 354 g/mol. The summed E-state index contributed by atoms with van der Waals surface area (Å²) in [6.07, 6.45) is 0.644. The molecule has 0 radical (unpaired) electrons. The minimum Gasteiger partial charge on any atom is -0.493 e. The van der Waals surface area contributed by atoms with Crippen molar-refractivity contribution in [2.75, 3.05) is 14.2 Å². The molecule has 0 aliphatic rings. The van der Waals surface area contributed by atoms with Crippen LogP contribution in [0.25, 0.3) is 11.0 Å². The molecule has 8 nitrogen and oxygen atoms in total. The van der Waals surface area contributed by atoms with E-state index < -0.39 is 23.5 Å². The van der Waals surface area contributed by atoms with Crippen molar-refractivity contribution in [3.05, 3.63) is 33.7 Å². The normalized spacial score (nSPS) is 11.9. The number of rotatable bonds is 8. The molecule has 2 rings (SSSR count). The Morgan fingerprint density at radius 2 is 1.85 bits per heavy atom. The van der Waals surface area contributed by atoms with E-state index in [-0.39, 0.29) is 12.0 Å². The van der Waals surface area contributed by atoms with Crippen LogP contribution >= 0.6 is 0 Å². The summed E-state index contributed by atoms with van der Waals surface area (Å²) >= 11 is 0. The van der Waals surface area contributed by atoms with Crippen LogP contribution in [0.4, 0.5) is 0 Å². The van der Waals surface area contributed by atoms with Gasteiger partial charge in [0.2, 0.25) is 5.91 Å². The fourth-order valence-electron chi connectivity index (χ4n) is 2.87. The van der Waals surface area contributed by atoms with Crippen LogP contribution in [0.3, 0.4) is 0 Å². The highest BCUT2D eigenvalue weighted by Gasteiger charge is 2.22. The Balaban J connectivity index is 2.39. The van der Waals surface area contributed by atoms with Gasteiger partial charge in [-0.1, -0.05) is 13.3 Å². The van der Waals surface area contributed by atoms with Gasteiger partial charge in [0.25, 0.3) is 0 Å². The minimum atomic E-state index is -1.11. The molecule has 0 aliphatic heterocycles. The summed E-state index contributed by atoms with van der Waals surface area (Å²) in [5.74, 6) is -0.775. The number of aryl methyl sites for hydroxylation is 1. The van der Waals surface area contributed by atoms with Crippen LogP contribution in [-0.2, 0) is 16.0 Å². The molecule has 8 heteroatoms. The van der Waals surface area contributed by atoms with Gasteiger partial charge in [0.05, 0.1) is 26.2 Å². The van der Waals surface area contributed by atoms with Gasteiger partial charge in [-0.15, -0.1) is 0 Å². The standard InChI is InChI=1S/C19H23NO7/c1-5-6-13(18(22)23)20-17(21)8-12-10(2)11-7-15(25-3)16(26-4)9-14(11)27-19(12)24/h7,9,13H,5-6,8H2,1-4H3,(H,20,21)(H,22,23)/t13-/m1/s1. The largest absolute Gasteiger partial charge is 0.493 e. The van der Waals surface area contributed by atoms with Crippen molar-refractivity contribution in [3.63, 3.8) is 0 Å². The summed E-state index contributed by atoms with van der Waals surface area (Å²) in [6, 6.07) is 2.23.